The number of hydrogen-bond acceptors (Lipinski definition) is 6. The topological polar surface area (TPSA) is 103 Å². The van der Waals surface area contributed by atoms with Crippen LogP contribution in [0.2, 0.25) is 0 Å². The Morgan fingerprint density at radius 2 is 2.03 bits per heavy atom. The van der Waals surface area contributed by atoms with Crippen molar-refractivity contribution in [1.82, 2.24) is 5.32 Å². The fraction of sp³-hybridized carbons (Fsp3) is 0.263. The summed E-state index contributed by atoms with van der Waals surface area (Å²) in [6.45, 7) is 2.53. The number of carbonyl (C=O) groups is 1. The predicted octanol–water partition coefficient (Wildman–Crippen LogP) is 4.67. The molecule has 0 aliphatic carbocycles. The minimum atomic E-state index is -0.566. The Kier molecular flexibility index (Phi) is 8.34. The summed E-state index contributed by atoms with van der Waals surface area (Å²) in [4.78, 5) is 23.4. The zero-order chi connectivity index (χ0) is 21.4. The molecule has 0 atom stereocenters. The van der Waals surface area contributed by atoms with Gasteiger partial charge < -0.3 is 14.8 Å². The Bertz CT molecular complexity index is 923. The molecule has 0 aromatic heterocycles. The van der Waals surface area contributed by atoms with Crippen molar-refractivity contribution in [3.8, 4) is 11.5 Å². The molecule has 0 saturated carbocycles. The fourth-order valence-corrected chi connectivity index (χ4v) is 2.91. The maximum Gasteiger partial charge on any atom is 0.296 e. The molecule has 0 heterocycles. The van der Waals surface area contributed by atoms with Crippen molar-refractivity contribution in [1.29, 1.82) is 0 Å². The van der Waals surface area contributed by atoms with E-state index < -0.39 is 10.8 Å². The summed E-state index contributed by atoms with van der Waals surface area (Å²) in [6.07, 6.45) is 1.82. The van der Waals surface area contributed by atoms with E-state index in [4.69, 9.17) is 21.7 Å². The Morgan fingerprint density at radius 1 is 1.28 bits per heavy atom. The molecule has 29 heavy (non-hydrogen) atoms. The first kappa shape index (κ1) is 22.6. The third-order valence-corrected chi connectivity index (χ3v) is 4.52. The molecule has 154 valence electrons. The lowest BCUT2D eigenvalue weighted by atomic mass is 10.2. The van der Waals surface area contributed by atoms with Crippen LogP contribution in [0, 0.1) is 10.1 Å². The highest BCUT2D eigenvalue weighted by molar-refractivity contribution is 9.10. The van der Waals surface area contributed by atoms with Crippen LogP contribution in [0.1, 0.15) is 30.1 Å². The summed E-state index contributed by atoms with van der Waals surface area (Å²) in [5, 5.41) is 16.4. The average Bonchev–Trinajstić information content (AvgIpc) is 2.69. The summed E-state index contributed by atoms with van der Waals surface area (Å²) in [5.74, 6) is 0.268. The highest BCUT2D eigenvalue weighted by Gasteiger charge is 2.19. The molecule has 0 saturated heterocycles. The molecule has 1 amide bonds. The van der Waals surface area contributed by atoms with E-state index in [9.17, 15) is 14.9 Å². The molecular weight excluding hydrogens is 462 g/mol. The molecule has 0 aliphatic rings. The Hall–Kier alpha value is -2.72. The van der Waals surface area contributed by atoms with Gasteiger partial charge in [-0.3, -0.25) is 20.2 Å². The van der Waals surface area contributed by atoms with Gasteiger partial charge in [0.05, 0.1) is 30.3 Å². The third kappa shape index (κ3) is 6.40. The van der Waals surface area contributed by atoms with Crippen molar-refractivity contribution in [3.05, 3.63) is 56.5 Å². The quantitative estimate of drug-likeness (QED) is 0.244. The lowest BCUT2D eigenvalue weighted by molar-refractivity contribution is -0.384. The van der Waals surface area contributed by atoms with Crippen LogP contribution in [0.3, 0.4) is 0 Å². The molecule has 2 N–H and O–H groups in total. The molecule has 0 spiro atoms. The molecule has 2 aromatic rings. The number of rotatable bonds is 8. The molecule has 2 rings (SSSR count). The van der Waals surface area contributed by atoms with E-state index in [0.29, 0.717) is 28.1 Å². The summed E-state index contributed by atoms with van der Waals surface area (Å²) in [7, 11) is 1.41. The standard InChI is InChI=1S/C19H20BrN3O5S/c1-3-4-9-28-17-8-5-12(20)10-14(17)18(24)22-19(29)21-15-7-6-13(27-2)11-16(15)23(25)26/h5-8,10-11H,3-4,9H2,1-2H3,(H2,21,22,24,29). The van der Waals surface area contributed by atoms with Crippen LogP contribution in [0.25, 0.3) is 0 Å². The first-order valence-electron chi connectivity index (χ1n) is 8.72. The van der Waals surface area contributed by atoms with Gasteiger partial charge in [0.25, 0.3) is 11.6 Å². The van der Waals surface area contributed by atoms with Gasteiger partial charge in [-0.25, -0.2) is 0 Å². The third-order valence-electron chi connectivity index (χ3n) is 3.82. The Labute approximate surface area is 181 Å². The maximum atomic E-state index is 12.7. The zero-order valence-electron chi connectivity index (χ0n) is 15.9. The lowest BCUT2D eigenvalue weighted by Crippen LogP contribution is -2.34. The molecule has 10 heteroatoms. The summed E-state index contributed by atoms with van der Waals surface area (Å²) < 4.78 is 11.4. The first-order valence-corrected chi connectivity index (χ1v) is 9.93. The summed E-state index contributed by atoms with van der Waals surface area (Å²) in [6, 6.07) is 9.35. The van der Waals surface area contributed by atoms with Crippen LogP contribution in [0.15, 0.2) is 40.9 Å². The van der Waals surface area contributed by atoms with E-state index in [1.54, 1.807) is 24.3 Å². The van der Waals surface area contributed by atoms with E-state index in [1.807, 2.05) is 6.92 Å². The number of unbranched alkanes of at least 4 members (excludes halogenated alkanes) is 1. The number of amides is 1. The molecule has 8 nitrogen and oxygen atoms in total. The van der Waals surface area contributed by atoms with Gasteiger partial charge >= 0.3 is 0 Å². The molecule has 0 radical (unpaired) electrons. The number of benzene rings is 2. The Balaban J connectivity index is 2.15. The minimum absolute atomic E-state index is 0.0808. The monoisotopic (exact) mass is 481 g/mol. The number of nitro benzene ring substituents is 1. The van der Waals surface area contributed by atoms with Crippen LogP contribution in [0.4, 0.5) is 11.4 Å². The van der Waals surface area contributed by atoms with Crippen LogP contribution in [0.5, 0.6) is 11.5 Å². The smallest absolute Gasteiger partial charge is 0.296 e. The van der Waals surface area contributed by atoms with Crippen molar-refractivity contribution in [3.63, 3.8) is 0 Å². The zero-order valence-corrected chi connectivity index (χ0v) is 18.3. The van der Waals surface area contributed by atoms with Crippen molar-refractivity contribution in [2.45, 2.75) is 19.8 Å². The van der Waals surface area contributed by atoms with E-state index >= 15 is 0 Å². The number of anilines is 1. The molecule has 0 unspecified atom stereocenters. The van der Waals surface area contributed by atoms with Crippen molar-refractivity contribution in [2.75, 3.05) is 19.0 Å². The normalized spacial score (nSPS) is 10.2. The SMILES string of the molecule is CCCCOc1ccc(Br)cc1C(=O)NC(=S)Nc1ccc(OC)cc1[N+](=O)[O-]. The summed E-state index contributed by atoms with van der Waals surface area (Å²) in [5.41, 5.74) is 0.200. The predicted molar refractivity (Wildman–Crippen MR) is 118 cm³/mol. The van der Waals surface area contributed by atoms with Gasteiger partial charge in [-0.05, 0) is 49.0 Å². The molecule has 0 fully saturated rings. The van der Waals surface area contributed by atoms with E-state index in [0.717, 1.165) is 12.8 Å². The second-order valence-electron chi connectivity index (χ2n) is 5.89. The van der Waals surface area contributed by atoms with E-state index in [1.165, 1.54) is 19.2 Å². The highest BCUT2D eigenvalue weighted by atomic mass is 79.9. The average molecular weight is 482 g/mol. The molecule has 0 aliphatic heterocycles. The number of nitrogens with one attached hydrogen (secondary N) is 2. The number of carbonyl (C=O) groups excluding carboxylic acids is 1. The number of hydrogen-bond donors (Lipinski definition) is 2. The van der Waals surface area contributed by atoms with Crippen molar-refractivity contribution >= 4 is 50.5 Å². The number of nitro groups is 1. The van der Waals surface area contributed by atoms with Crippen molar-refractivity contribution in [2.24, 2.45) is 0 Å². The number of nitrogens with zero attached hydrogens (tertiary/aromatic N) is 1. The van der Waals surface area contributed by atoms with Crippen LogP contribution in [-0.2, 0) is 0 Å². The highest BCUT2D eigenvalue weighted by Crippen LogP contribution is 2.29. The van der Waals surface area contributed by atoms with Gasteiger partial charge in [0.2, 0.25) is 0 Å². The van der Waals surface area contributed by atoms with Gasteiger partial charge in [0.1, 0.15) is 17.2 Å². The maximum absolute atomic E-state index is 12.7. The molecule has 2 aromatic carbocycles. The van der Waals surface area contributed by atoms with Gasteiger partial charge in [-0.1, -0.05) is 29.3 Å². The number of ether oxygens (including phenoxy) is 2. The van der Waals surface area contributed by atoms with Gasteiger partial charge in [-0.2, -0.15) is 0 Å². The van der Waals surface area contributed by atoms with Crippen LogP contribution < -0.4 is 20.1 Å². The number of halogens is 1. The van der Waals surface area contributed by atoms with Gasteiger partial charge in [-0.15, -0.1) is 0 Å². The van der Waals surface area contributed by atoms with Gasteiger partial charge in [0.15, 0.2) is 5.11 Å². The second kappa shape index (κ2) is 10.7. The lowest BCUT2D eigenvalue weighted by Gasteiger charge is -2.14. The van der Waals surface area contributed by atoms with E-state index in [-0.39, 0.29) is 16.5 Å². The number of methoxy groups -OCH3 is 1. The van der Waals surface area contributed by atoms with E-state index in [2.05, 4.69) is 26.6 Å². The fourth-order valence-electron chi connectivity index (χ4n) is 2.35. The van der Waals surface area contributed by atoms with Gasteiger partial charge in [0, 0.05) is 4.47 Å². The Morgan fingerprint density at radius 3 is 2.69 bits per heavy atom. The molecular formula is C19H20BrN3O5S. The first-order chi connectivity index (χ1) is 13.8. The minimum Gasteiger partial charge on any atom is -0.496 e. The molecule has 0 bridgehead atoms. The second-order valence-corrected chi connectivity index (χ2v) is 7.21. The number of thiocarbonyl (C=S) groups is 1. The van der Waals surface area contributed by atoms with Crippen molar-refractivity contribution < 1.29 is 19.2 Å². The van der Waals surface area contributed by atoms with Crippen LogP contribution >= 0.6 is 28.1 Å². The largest absolute Gasteiger partial charge is 0.496 e. The van der Waals surface area contributed by atoms with Crippen LogP contribution in [-0.4, -0.2) is 29.7 Å². The summed E-state index contributed by atoms with van der Waals surface area (Å²) >= 11 is 8.49.